The van der Waals surface area contributed by atoms with Crippen molar-refractivity contribution in [3.8, 4) is 17.2 Å². The first-order chi connectivity index (χ1) is 21.2. The Morgan fingerprint density at radius 1 is 0.932 bits per heavy atom. The van der Waals surface area contributed by atoms with Gasteiger partial charge in [0.25, 0.3) is 0 Å². The standard InChI is InChI=1S/C33H33F3N4O3S/c1-23(39-12-14-40(15-13-39)27-5-3-4-26(17-27)33(34,35)36)29-21-44-32(37-29)20-38(18-24-6-9-28(41-2)10-7-24)19-25-8-11-30-31(16-25)43-22-42-30/h3-11,16-17,21H,1,12-15,18-20,22H2,2H3. The lowest BCUT2D eigenvalue weighted by atomic mass is 10.1. The lowest BCUT2D eigenvalue weighted by Gasteiger charge is -2.38. The van der Waals surface area contributed by atoms with Crippen molar-refractivity contribution in [3.05, 3.63) is 106 Å². The molecule has 1 aromatic heterocycles. The number of halogens is 3. The molecule has 0 amide bonds. The number of piperazine rings is 1. The van der Waals surface area contributed by atoms with Crippen molar-refractivity contribution in [3.63, 3.8) is 0 Å². The minimum atomic E-state index is -4.36. The van der Waals surface area contributed by atoms with E-state index in [1.165, 1.54) is 12.1 Å². The van der Waals surface area contributed by atoms with Crippen LogP contribution in [-0.2, 0) is 25.8 Å². The molecular formula is C33H33F3N4O3S. The van der Waals surface area contributed by atoms with E-state index in [9.17, 15) is 13.2 Å². The van der Waals surface area contributed by atoms with Crippen molar-refractivity contribution < 1.29 is 27.4 Å². The minimum Gasteiger partial charge on any atom is -0.497 e. The molecule has 1 fully saturated rings. The molecule has 0 aliphatic carbocycles. The number of anilines is 1. The summed E-state index contributed by atoms with van der Waals surface area (Å²) in [6, 6.07) is 19.6. The van der Waals surface area contributed by atoms with Crippen LogP contribution in [-0.4, -0.2) is 54.9 Å². The van der Waals surface area contributed by atoms with Crippen LogP contribution in [0.4, 0.5) is 18.9 Å². The van der Waals surface area contributed by atoms with Gasteiger partial charge in [-0.25, -0.2) is 4.98 Å². The van der Waals surface area contributed by atoms with E-state index < -0.39 is 11.7 Å². The third kappa shape index (κ3) is 6.95. The smallest absolute Gasteiger partial charge is 0.416 e. The second-order valence-electron chi connectivity index (χ2n) is 10.8. The second-order valence-corrected chi connectivity index (χ2v) is 11.7. The first kappa shape index (κ1) is 29.8. The minimum absolute atomic E-state index is 0.237. The van der Waals surface area contributed by atoms with Crippen LogP contribution in [0.1, 0.15) is 27.4 Å². The zero-order valence-electron chi connectivity index (χ0n) is 24.3. The van der Waals surface area contributed by atoms with Crippen LogP contribution < -0.4 is 19.1 Å². The Hall–Kier alpha value is -4.22. The predicted octanol–water partition coefficient (Wildman–Crippen LogP) is 6.89. The molecule has 11 heteroatoms. The third-order valence-electron chi connectivity index (χ3n) is 7.81. The summed E-state index contributed by atoms with van der Waals surface area (Å²) < 4.78 is 56.0. The molecule has 0 atom stereocenters. The lowest BCUT2D eigenvalue weighted by molar-refractivity contribution is -0.137. The predicted molar refractivity (Wildman–Crippen MR) is 165 cm³/mol. The summed E-state index contributed by atoms with van der Waals surface area (Å²) in [5, 5.41) is 3.00. The Labute approximate surface area is 258 Å². The quantitative estimate of drug-likeness (QED) is 0.191. The van der Waals surface area contributed by atoms with E-state index in [1.54, 1.807) is 24.5 Å². The number of hydrogen-bond donors (Lipinski definition) is 0. The zero-order valence-corrected chi connectivity index (χ0v) is 25.2. The Morgan fingerprint density at radius 2 is 1.66 bits per heavy atom. The van der Waals surface area contributed by atoms with Crippen LogP contribution in [0.5, 0.6) is 17.2 Å². The third-order valence-corrected chi connectivity index (χ3v) is 8.65. The molecule has 44 heavy (non-hydrogen) atoms. The number of methoxy groups -OCH3 is 1. The SMILES string of the molecule is C=C(c1csc(CN(Cc2ccc(OC)cc2)Cc2ccc3c(c2)OCO3)n1)N1CCN(c2cccc(C(F)(F)F)c2)CC1. The van der Waals surface area contributed by atoms with Crippen LogP contribution in [0.3, 0.4) is 0 Å². The highest BCUT2D eigenvalue weighted by Gasteiger charge is 2.31. The number of benzene rings is 3. The van der Waals surface area contributed by atoms with Crippen LogP contribution >= 0.6 is 11.3 Å². The summed E-state index contributed by atoms with van der Waals surface area (Å²) in [4.78, 5) is 11.4. The molecule has 3 aromatic carbocycles. The van der Waals surface area contributed by atoms with Crippen LogP contribution in [0.15, 0.2) is 78.7 Å². The zero-order chi connectivity index (χ0) is 30.7. The number of thiazole rings is 1. The molecule has 0 unspecified atom stereocenters. The van der Waals surface area contributed by atoms with Crippen molar-refractivity contribution in [2.45, 2.75) is 25.8 Å². The molecule has 1 saturated heterocycles. The molecule has 4 aromatic rings. The molecule has 2 aliphatic rings. The van der Waals surface area contributed by atoms with Crippen molar-refractivity contribution in [2.24, 2.45) is 0 Å². The topological polar surface area (TPSA) is 50.3 Å². The van der Waals surface area contributed by atoms with E-state index in [1.807, 2.05) is 34.5 Å². The fraction of sp³-hybridized carbons (Fsp3) is 0.303. The number of aromatic nitrogens is 1. The van der Waals surface area contributed by atoms with Crippen LogP contribution in [0.2, 0.25) is 0 Å². The van der Waals surface area contributed by atoms with E-state index in [0.717, 1.165) is 50.8 Å². The monoisotopic (exact) mass is 622 g/mol. The average molecular weight is 623 g/mol. The molecule has 230 valence electrons. The Bertz CT molecular complexity index is 1600. The fourth-order valence-corrected chi connectivity index (χ4v) is 6.28. The van der Waals surface area contributed by atoms with Gasteiger partial charge in [0.1, 0.15) is 10.8 Å². The van der Waals surface area contributed by atoms with E-state index in [0.29, 0.717) is 51.5 Å². The van der Waals surface area contributed by atoms with E-state index >= 15 is 0 Å². The first-order valence-electron chi connectivity index (χ1n) is 14.3. The van der Waals surface area contributed by atoms with E-state index in [4.69, 9.17) is 19.2 Å². The van der Waals surface area contributed by atoms with Gasteiger partial charge in [0.2, 0.25) is 6.79 Å². The van der Waals surface area contributed by atoms with Crippen molar-refractivity contribution >= 4 is 22.7 Å². The average Bonchev–Trinajstić information content (AvgIpc) is 3.70. The Kier molecular flexibility index (Phi) is 8.67. The molecule has 7 nitrogen and oxygen atoms in total. The Balaban J connectivity index is 1.11. The molecule has 3 heterocycles. The number of rotatable bonds is 10. The van der Waals surface area contributed by atoms with Crippen molar-refractivity contribution in [1.82, 2.24) is 14.8 Å². The maximum absolute atomic E-state index is 13.2. The number of fused-ring (bicyclic) bond motifs is 1. The highest BCUT2D eigenvalue weighted by Crippen LogP contribution is 2.34. The summed E-state index contributed by atoms with van der Waals surface area (Å²) in [6.07, 6.45) is -4.36. The van der Waals surface area contributed by atoms with Gasteiger partial charge >= 0.3 is 6.18 Å². The highest BCUT2D eigenvalue weighted by atomic mass is 32.1. The van der Waals surface area contributed by atoms with Crippen molar-refractivity contribution in [1.29, 1.82) is 0 Å². The Morgan fingerprint density at radius 3 is 2.41 bits per heavy atom. The molecule has 0 spiro atoms. The molecule has 0 saturated carbocycles. The summed E-state index contributed by atoms with van der Waals surface area (Å²) in [6.45, 7) is 9.10. The normalized spacial score (nSPS) is 14.8. The molecule has 0 N–H and O–H groups in total. The number of nitrogens with zero attached hydrogens (tertiary/aromatic N) is 4. The molecule has 6 rings (SSSR count). The van der Waals surface area contributed by atoms with E-state index in [-0.39, 0.29) is 6.79 Å². The molecular weight excluding hydrogens is 589 g/mol. The molecule has 0 bridgehead atoms. The van der Waals surface area contributed by atoms with Crippen molar-refractivity contribution in [2.75, 3.05) is 45.0 Å². The van der Waals surface area contributed by atoms with Crippen LogP contribution in [0, 0.1) is 0 Å². The van der Waals surface area contributed by atoms with Gasteiger partial charge < -0.3 is 24.0 Å². The van der Waals surface area contributed by atoms with Crippen LogP contribution in [0.25, 0.3) is 5.70 Å². The molecule has 0 radical (unpaired) electrons. The largest absolute Gasteiger partial charge is 0.497 e. The van der Waals surface area contributed by atoms with E-state index in [2.05, 4.69) is 34.6 Å². The lowest BCUT2D eigenvalue weighted by Crippen LogP contribution is -2.45. The molecule has 2 aliphatic heterocycles. The number of ether oxygens (including phenoxy) is 3. The van der Waals surface area contributed by atoms with Gasteiger partial charge in [0.15, 0.2) is 11.5 Å². The number of alkyl halides is 3. The summed E-state index contributed by atoms with van der Waals surface area (Å²) >= 11 is 1.60. The van der Waals surface area contributed by atoms with Gasteiger partial charge in [0, 0.05) is 50.3 Å². The summed E-state index contributed by atoms with van der Waals surface area (Å²) in [7, 11) is 1.66. The van der Waals surface area contributed by atoms with Gasteiger partial charge in [-0.1, -0.05) is 30.8 Å². The van der Waals surface area contributed by atoms with Gasteiger partial charge in [-0.05, 0) is 53.6 Å². The summed E-state index contributed by atoms with van der Waals surface area (Å²) in [5.41, 5.74) is 3.88. The van der Waals surface area contributed by atoms with Gasteiger partial charge in [0.05, 0.1) is 30.6 Å². The number of hydrogen-bond acceptors (Lipinski definition) is 8. The van der Waals surface area contributed by atoms with Gasteiger partial charge in [-0.3, -0.25) is 4.90 Å². The maximum Gasteiger partial charge on any atom is 0.416 e. The van der Waals surface area contributed by atoms with Gasteiger partial charge in [-0.2, -0.15) is 13.2 Å². The van der Waals surface area contributed by atoms with Gasteiger partial charge in [-0.15, -0.1) is 11.3 Å². The summed E-state index contributed by atoms with van der Waals surface area (Å²) in [5.74, 6) is 2.33. The maximum atomic E-state index is 13.2. The fourth-order valence-electron chi connectivity index (χ4n) is 5.44. The first-order valence-corrected chi connectivity index (χ1v) is 15.2. The highest BCUT2D eigenvalue weighted by molar-refractivity contribution is 7.09. The second kappa shape index (κ2) is 12.8.